The monoisotopic (exact) mass is 172 g/mol. The second kappa shape index (κ2) is 3.13. The Labute approximate surface area is 77.6 Å². The predicted molar refractivity (Wildman–Crippen MR) is 53.6 cm³/mol. The summed E-state index contributed by atoms with van der Waals surface area (Å²) >= 11 is 0. The lowest BCUT2D eigenvalue weighted by molar-refractivity contribution is 0.799. The van der Waals surface area contributed by atoms with Crippen LogP contribution >= 0.6 is 0 Å². The van der Waals surface area contributed by atoms with Crippen LogP contribution in [0.3, 0.4) is 0 Å². The van der Waals surface area contributed by atoms with Crippen LogP contribution in [-0.2, 0) is 0 Å². The molecular weight excluding hydrogens is 160 g/mol. The van der Waals surface area contributed by atoms with Crippen molar-refractivity contribution in [1.82, 2.24) is 10.2 Å². The van der Waals surface area contributed by atoms with E-state index >= 15 is 0 Å². The van der Waals surface area contributed by atoms with Crippen LogP contribution in [0.2, 0.25) is 0 Å². The third kappa shape index (κ3) is 1.39. The molecule has 0 saturated carbocycles. The van der Waals surface area contributed by atoms with Crippen LogP contribution in [0, 0.1) is 0 Å². The summed E-state index contributed by atoms with van der Waals surface area (Å²) in [5.41, 5.74) is 1.08. The van der Waals surface area contributed by atoms with E-state index in [9.17, 15) is 0 Å². The molecule has 0 aliphatic rings. The first-order chi connectivity index (χ1) is 6.29. The van der Waals surface area contributed by atoms with E-state index in [0.29, 0.717) is 5.92 Å². The number of benzene rings is 1. The van der Waals surface area contributed by atoms with Gasteiger partial charge in [0.25, 0.3) is 0 Å². The van der Waals surface area contributed by atoms with Crippen molar-refractivity contribution < 1.29 is 0 Å². The van der Waals surface area contributed by atoms with Crippen LogP contribution in [0.5, 0.6) is 0 Å². The van der Waals surface area contributed by atoms with Gasteiger partial charge in [-0.2, -0.15) is 10.2 Å². The molecule has 0 amide bonds. The van der Waals surface area contributed by atoms with Crippen molar-refractivity contribution in [3.05, 3.63) is 36.2 Å². The second-order valence-corrected chi connectivity index (χ2v) is 3.47. The second-order valence-electron chi connectivity index (χ2n) is 3.47. The highest BCUT2D eigenvalue weighted by Crippen LogP contribution is 2.21. The van der Waals surface area contributed by atoms with Gasteiger partial charge in [0.05, 0.1) is 11.9 Å². The fraction of sp³-hybridized carbons (Fsp3) is 0.273. The number of fused-ring (bicyclic) bond motifs is 1. The first-order valence-electron chi connectivity index (χ1n) is 4.49. The van der Waals surface area contributed by atoms with Gasteiger partial charge in [0.2, 0.25) is 0 Å². The standard InChI is InChI=1S/C11H12N2/c1-8(2)11-10-6-4-3-5-9(10)7-12-13-11/h3-8H,1-2H3. The summed E-state index contributed by atoms with van der Waals surface area (Å²) in [5, 5.41) is 10.5. The van der Waals surface area contributed by atoms with Gasteiger partial charge in [-0.25, -0.2) is 0 Å². The molecule has 2 nitrogen and oxygen atoms in total. The van der Waals surface area contributed by atoms with E-state index < -0.39 is 0 Å². The molecule has 0 aliphatic carbocycles. The Hall–Kier alpha value is -1.44. The van der Waals surface area contributed by atoms with Crippen LogP contribution in [0.4, 0.5) is 0 Å². The minimum Gasteiger partial charge on any atom is -0.158 e. The highest BCUT2D eigenvalue weighted by molar-refractivity contribution is 5.83. The zero-order valence-electron chi connectivity index (χ0n) is 7.86. The maximum absolute atomic E-state index is 4.16. The molecule has 2 heteroatoms. The zero-order valence-corrected chi connectivity index (χ0v) is 7.86. The van der Waals surface area contributed by atoms with E-state index in [1.807, 2.05) is 12.1 Å². The van der Waals surface area contributed by atoms with Gasteiger partial charge in [-0.05, 0) is 5.92 Å². The normalized spacial score (nSPS) is 11.0. The fourth-order valence-corrected chi connectivity index (χ4v) is 1.48. The molecule has 1 aromatic heterocycles. The number of hydrogen-bond donors (Lipinski definition) is 0. The lowest BCUT2D eigenvalue weighted by Crippen LogP contribution is -1.95. The fourth-order valence-electron chi connectivity index (χ4n) is 1.48. The highest BCUT2D eigenvalue weighted by Gasteiger charge is 2.05. The molecule has 0 spiro atoms. The van der Waals surface area contributed by atoms with Gasteiger partial charge < -0.3 is 0 Å². The minimum absolute atomic E-state index is 0.429. The maximum Gasteiger partial charge on any atom is 0.0734 e. The van der Waals surface area contributed by atoms with Gasteiger partial charge in [-0.1, -0.05) is 38.1 Å². The van der Waals surface area contributed by atoms with Crippen molar-refractivity contribution in [3.63, 3.8) is 0 Å². The third-order valence-electron chi connectivity index (χ3n) is 2.15. The smallest absolute Gasteiger partial charge is 0.0734 e. The molecule has 1 aromatic carbocycles. The Balaban J connectivity index is 2.76. The molecular formula is C11H12N2. The van der Waals surface area contributed by atoms with Gasteiger partial charge in [0, 0.05) is 10.8 Å². The Kier molecular flexibility index (Phi) is 1.97. The first kappa shape index (κ1) is 8.17. The predicted octanol–water partition coefficient (Wildman–Crippen LogP) is 2.75. The number of aromatic nitrogens is 2. The van der Waals surface area contributed by atoms with E-state index in [0.717, 1.165) is 5.69 Å². The van der Waals surface area contributed by atoms with Crippen LogP contribution < -0.4 is 0 Å². The molecule has 0 radical (unpaired) electrons. The van der Waals surface area contributed by atoms with E-state index in [2.05, 4.69) is 36.2 Å². The van der Waals surface area contributed by atoms with E-state index in [-0.39, 0.29) is 0 Å². The van der Waals surface area contributed by atoms with Crippen molar-refractivity contribution in [2.75, 3.05) is 0 Å². The van der Waals surface area contributed by atoms with Crippen LogP contribution in [0.1, 0.15) is 25.5 Å². The van der Waals surface area contributed by atoms with E-state index in [1.54, 1.807) is 6.20 Å². The minimum atomic E-state index is 0.429. The zero-order chi connectivity index (χ0) is 9.26. The van der Waals surface area contributed by atoms with E-state index in [4.69, 9.17) is 0 Å². The molecule has 0 unspecified atom stereocenters. The Morgan fingerprint density at radius 3 is 2.69 bits per heavy atom. The Bertz CT molecular complexity index is 416. The van der Waals surface area contributed by atoms with E-state index in [1.165, 1.54) is 10.8 Å². The average molecular weight is 172 g/mol. The van der Waals surface area contributed by atoms with Crippen molar-refractivity contribution >= 4 is 10.8 Å². The molecule has 2 rings (SSSR count). The Morgan fingerprint density at radius 1 is 1.15 bits per heavy atom. The Morgan fingerprint density at radius 2 is 1.92 bits per heavy atom. The molecule has 0 fully saturated rings. The molecule has 13 heavy (non-hydrogen) atoms. The highest BCUT2D eigenvalue weighted by atomic mass is 15.1. The van der Waals surface area contributed by atoms with Gasteiger partial charge in [-0.3, -0.25) is 0 Å². The average Bonchev–Trinajstić information content (AvgIpc) is 2.17. The maximum atomic E-state index is 4.16. The SMILES string of the molecule is CC(C)c1nncc2ccccc12. The molecule has 66 valence electrons. The van der Waals surface area contributed by atoms with Crippen molar-refractivity contribution in [2.24, 2.45) is 0 Å². The van der Waals surface area contributed by atoms with Crippen molar-refractivity contribution in [2.45, 2.75) is 19.8 Å². The van der Waals surface area contributed by atoms with Crippen LogP contribution in [0.15, 0.2) is 30.5 Å². The van der Waals surface area contributed by atoms with Crippen LogP contribution in [0.25, 0.3) is 10.8 Å². The summed E-state index contributed by atoms with van der Waals surface area (Å²) in [5.74, 6) is 0.429. The lowest BCUT2D eigenvalue weighted by Gasteiger charge is -2.06. The summed E-state index contributed by atoms with van der Waals surface area (Å²) in [6.45, 7) is 4.27. The van der Waals surface area contributed by atoms with Gasteiger partial charge in [-0.15, -0.1) is 0 Å². The van der Waals surface area contributed by atoms with Crippen molar-refractivity contribution in [1.29, 1.82) is 0 Å². The molecule has 1 heterocycles. The van der Waals surface area contributed by atoms with Gasteiger partial charge >= 0.3 is 0 Å². The number of hydrogen-bond acceptors (Lipinski definition) is 2. The number of nitrogens with zero attached hydrogens (tertiary/aromatic N) is 2. The molecule has 0 atom stereocenters. The summed E-state index contributed by atoms with van der Waals surface area (Å²) in [6, 6.07) is 8.22. The topological polar surface area (TPSA) is 25.8 Å². The molecule has 0 aliphatic heterocycles. The molecule has 2 aromatic rings. The largest absolute Gasteiger partial charge is 0.158 e. The lowest BCUT2D eigenvalue weighted by atomic mass is 10.0. The number of rotatable bonds is 1. The summed E-state index contributed by atoms with van der Waals surface area (Å²) in [4.78, 5) is 0. The van der Waals surface area contributed by atoms with Gasteiger partial charge in [0.15, 0.2) is 0 Å². The molecule has 0 N–H and O–H groups in total. The molecule has 0 bridgehead atoms. The van der Waals surface area contributed by atoms with Crippen molar-refractivity contribution in [3.8, 4) is 0 Å². The summed E-state index contributed by atoms with van der Waals surface area (Å²) in [7, 11) is 0. The van der Waals surface area contributed by atoms with Gasteiger partial charge in [0.1, 0.15) is 0 Å². The summed E-state index contributed by atoms with van der Waals surface area (Å²) < 4.78 is 0. The third-order valence-corrected chi connectivity index (χ3v) is 2.15. The van der Waals surface area contributed by atoms with Crippen LogP contribution in [-0.4, -0.2) is 10.2 Å². The molecule has 0 saturated heterocycles. The quantitative estimate of drug-likeness (QED) is 0.661. The summed E-state index contributed by atoms with van der Waals surface area (Å²) in [6.07, 6.45) is 1.81. The first-order valence-corrected chi connectivity index (χ1v) is 4.49.